The number of rotatable bonds is 3. The fraction of sp³-hybridized carbons (Fsp3) is 0.357. The molecule has 3 nitrogen and oxygen atoms in total. The first-order valence-electron chi connectivity index (χ1n) is 5.81. The van der Waals surface area contributed by atoms with Crippen LogP contribution in [0.3, 0.4) is 0 Å². The quantitative estimate of drug-likeness (QED) is 0.825. The van der Waals surface area contributed by atoms with Gasteiger partial charge in [0.2, 0.25) is 0 Å². The van der Waals surface area contributed by atoms with Gasteiger partial charge in [0.15, 0.2) is 0 Å². The summed E-state index contributed by atoms with van der Waals surface area (Å²) in [6.07, 6.45) is 0.624. The smallest absolute Gasteiger partial charge is 0.302 e. The average Bonchev–Trinajstić information content (AvgIpc) is 2.55. The highest BCUT2D eigenvalue weighted by Gasteiger charge is 2.12. The molecule has 2 aromatic rings. The van der Waals surface area contributed by atoms with Crippen molar-refractivity contribution in [1.82, 2.24) is 4.98 Å². The van der Waals surface area contributed by atoms with E-state index in [1.807, 2.05) is 19.1 Å². The van der Waals surface area contributed by atoms with Gasteiger partial charge in [-0.3, -0.25) is 4.79 Å². The molecule has 1 atom stereocenters. The number of benzene rings is 1. The van der Waals surface area contributed by atoms with E-state index in [1.54, 1.807) is 0 Å². The van der Waals surface area contributed by atoms with E-state index in [0.29, 0.717) is 0 Å². The molecule has 1 aromatic heterocycles. The van der Waals surface area contributed by atoms with Gasteiger partial charge in [0.1, 0.15) is 6.10 Å². The highest BCUT2D eigenvalue weighted by molar-refractivity contribution is 5.84. The Kier molecular flexibility index (Phi) is 3.18. The van der Waals surface area contributed by atoms with Crippen molar-refractivity contribution in [3.8, 4) is 0 Å². The van der Waals surface area contributed by atoms with Crippen molar-refractivity contribution in [3.05, 3.63) is 35.5 Å². The summed E-state index contributed by atoms with van der Waals surface area (Å²) in [7, 11) is 0. The van der Waals surface area contributed by atoms with Crippen LogP contribution >= 0.6 is 0 Å². The van der Waals surface area contributed by atoms with Crippen molar-refractivity contribution < 1.29 is 9.53 Å². The third-order valence-electron chi connectivity index (χ3n) is 2.93. The number of nitrogens with one attached hydrogen (secondary N) is 1. The van der Waals surface area contributed by atoms with Crippen LogP contribution < -0.4 is 0 Å². The largest absolute Gasteiger partial charge is 0.462 e. The van der Waals surface area contributed by atoms with Gasteiger partial charge in [-0.25, -0.2) is 0 Å². The second-order valence-corrected chi connectivity index (χ2v) is 4.40. The molecule has 0 fully saturated rings. The number of aryl methyl sites for hydroxylation is 1. The number of hydrogen-bond donors (Lipinski definition) is 1. The van der Waals surface area contributed by atoms with Crippen LogP contribution in [0.4, 0.5) is 0 Å². The predicted molar refractivity (Wildman–Crippen MR) is 68.0 cm³/mol. The van der Waals surface area contributed by atoms with Crippen LogP contribution in [0.15, 0.2) is 24.3 Å². The summed E-state index contributed by atoms with van der Waals surface area (Å²) < 4.78 is 5.15. The number of aromatic nitrogens is 1. The number of aromatic amines is 1. The summed E-state index contributed by atoms with van der Waals surface area (Å²) in [4.78, 5) is 14.2. The number of carbonyl (C=O) groups excluding carboxylic acids is 1. The summed E-state index contributed by atoms with van der Waals surface area (Å²) >= 11 is 0. The minimum absolute atomic E-state index is 0.0979. The second kappa shape index (κ2) is 4.62. The maximum Gasteiger partial charge on any atom is 0.302 e. The fourth-order valence-electron chi connectivity index (χ4n) is 2.15. The van der Waals surface area contributed by atoms with Crippen LogP contribution in [0.1, 0.15) is 25.1 Å². The summed E-state index contributed by atoms with van der Waals surface area (Å²) in [6, 6.07) is 8.20. The van der Waals surface area contributed by atoms with Crippen molar-refractivity contribution in [2.45, 2.75) is 33.3 Å². The SMILES string of the molecule is CC(=O)OC(C)Cc1[nH]c2ccccc2c1C. The first-order valence-corrected chi connectivity index (χ1v) is 5.81. The average molecular weight is 231 g/mol. The molecule has 0 saturated carbocycles. The predicted octanol–water partition coefficient (Wildman–Crippen LogP) is 2.97. The molecule has 3 heteroatoms. The van der Waals surface area contributed by atoms with E-state index in [1.165, 1.54) is 17.9 Å². The zero-order chi connectivity index (χ0) is 12.4. The zero-order valence-corrected chi connectivity index (χ0v) is 10.4. The summed E-state index contributed by atoms with van der Waals surface area (Å²) in [5.74, 6) is -0.230. The third-order valence-corrected chi connectivity index (χ3v) is 2.93. The molecular weight excluding hydrogens is 214 g/mol. The first-order chi connectivity index (χ1) is 8.08. The van der Waals surface area contributed by atoms with Crippen LogP contribution in [-0.4, -0.2) is 17.1 Å². The standard InChI is InChI=1S/C14H17NO2/c1-9(17-11(3)16)8-14-10(2)12-6-4-5-7-13(12)15-14/h4-7,9,15H,8H2,1-3H3. The third kappa shape index (κ3) is 2.49. The lowest BCUT2D eigenvalue weighted by molar-refractivity contribution is -0.145. The number of esters is 1. The molecule has 0 aliphatic rings. The summed E-state index contributed by atoms with van der Waals surface area (Å²) in [5.41, 5.74) is 3.51. The van der Waals surface area contributed by atoms with Crippen LogP contribution in [-0.2, 0) is 16.0 Å². The van der Waals surface area contributed by atoms with Gasteiger partial charge in [0.25, 0.3) is 0 Å². The van der Waals surface area contributed by atoms with E-state index in [2.05, 4.69) is 24.0 Å². The van der Waals surface area contributed by atoms with Crippen LogP contribution in [0.25, 0.3) is 10.9 Å². The molecule has 1 aromatic carbocycles. The van der Waals surface area contributed by atoms with Gasteiger partial charge >= 0.3 is 5.97 Å². The fourth-order valence-corrected chi connectivity index (χ4v) is 2.15. The molecule has 0 bridgehead atoms. The maximum atomic E-state index is 10.9. The monoisotopic (exact) mass is 231 g/mol. The number of hydrogen-bond acceptors (Lipinski definition) is 2. The van der Waals surface area contributed by atoms with Gasteiger partial charge in [-0.1, -0.05) is 18.2 Å². The lowest BCUT2D eigenvalue weighted by Crippen LogP contribution is -2.15. The minimum Gasteiger partial charge on any atom is -0.462 e. The second-order valence-electron chi connectivity index (χ2n) is 4.40. The van der Waals surface area contributed by atoms with Crippen molar-refractivity contribution in [3.63, 3.8) is 0 Å². The highest BCUT2D eigenvalue weighted by atomic mass is 16.5. The molecule has 90 valence electrons. The molecule has 0 amide bonds. The normalized spacial score (nSPS) is 12.6. The Bertz CT molecular complexity index is 542. The number of carbonyl (C=O) groups is 1. The van der Waals surface area contributed by atoms with E-state index < -0.39 is 0 Å². The summed E-state index contributed by atoms with van der Waals surface area (Å²) in [5, 5.41) is 1.23. The molecule has 17 heavy (non-hydrogen) atoms. The van der Waals surface area contributed by atoms with Crippen LogP contribution in [0.2, 0.25) is 0 Å². The number of para-hydroxylation sites is 1. The molecule has 0 aliphatic heterocycles. The Balaban J connectivity index is 2.24. The lowest BCUT2D eigenvalue weighted by Gasteiger charge is -2.11. The van der Waals surface area contributed by atoms with Gasteiger partial charge < -0.3 is 9.72 Å². The van der Waals surface area contributed by atoms with Gasteiger partial charge in [-0.2, -0.15) is 0 Å². The topological polar surface area (TPSA) is 42.1 Å². The maximum absolute atomic E-state index is 10.9. The van der Waals surface area contributed by atoms with Gasteiger partial charge in [-0.15, -0.1) is 0 Å². The highest BCUT2D eigenvalue weighted by Crippen LogP contribution is 2.22. The van der Waals surface area contributed by atoms with E-state index in [4.69, 9.17) is 4.74 Å². The Morgan fingerprint density at radius 2 is 2.12 bits per heavy atom. The molecule has 1 heterocycles. The number of fused-ring (bicyclic) bond motifs is 1. The number of H-pyrrole nitrogens is 1. The van der Waals surface area contributed by atoms with Crippen LogP contribution in [0, 0.1) is 6.92 Å². The van der Waals surface area contributed by atoms with Crippen LogP contribution in [0.5, 0.6) is 0 Å². The zero-order valence-electron chi connectivity index (χ0n) is 10.4. The van der Waals surface area contributed by atoms with Gasteiger partial charge in [-0.05, 0) is 25.5 Å². The first kappa shape index (κ1) is 11.7. The minimum atomic E-state index is -0.230. The van der Waals surface area contributed by atoms with Crippen molar-refractivity contribution in [2.24, 2.45) is 0 Å². The van der Waals surface area contributed by atoms with Gasteiger partial charge in [0, 0.05) is 29.9 Å². The number of ether oxygens (including phenoxy) is 1. The van der Waals surface area contributed by atoms with Gasteiger partial charge in [0.05, 0.1) is 0 Å². The molecular formula is C14H17NO2. The Hall–Kier alpha value is -1.77. The Labute approximate surface area is 101 Å². The van der Waals surface area contributed by atoms with E-state index in [-0.39, 0.29) is 12.1 Å². The molecule has 0 aliphatic carbocycles. The lowest BCUT2D eigenvalue weighted by atomic mass is 10.1. The van der Waals surface area contributed by atoms with Crippen molar-refractivity contribution in [2.75, 3.05) is 0 Å². The summed E-state index contributed by atoms with van der Waals surface area (Å²) in [6.45, 7) is 5.44. The molecule has 0 spiro atoms. The molecule has 2 rings (SSSR count). The Morgan fingerprint density at radius 3 is 2.76 bits per heavy atom. The Morgan fingerprint density at radius 1 is 1.41 bits per heavy atom. The van der Waals surface area contributed by atoms with E-state index in [9.17, 15) is 4.79 Å². The van der Waals surface area contributed by atoms with E-state index in [0.717, 1.165) is 17.6 Å². The van der Waals surface area contributed by atoms with Crippen molar-refractivity contribution in [1.29, 1.82) is 0 Å². The molecule has 1 N–H and O–H groups in total. The molecule has 1 unspecified atom stereocenters. The van der Waals surface area contributed by atoms with Crippen molar-refractivity contribution >= 4 is 16.9 Å². The molecule has 0 saturated heterocycles. The van der Waals surface area contributed by atoms with E-state index >= 15 is 0 Å². The molecule has 0 radical (unpaired) electrons.